The monoisotopic (exact) mass is 219 g/mol. The molecule has 0 aromatic carbocycles. The molecule has 0 bridgehead atoms. The summed E-state index contributed by atoms with van der Waals surface area (Å²) >= 11 is 0. The van der Waals surface area contributed by atoms with E-state index in [0.29, 0.717) is 4.31 Å². The summed E-state index contributed by atoms with van der Waals surface area (Å²) in [7, 11) is -7.58. The molecule has 12 heavy (non-hydrogen) atoms. The second-order valence-corrected chi connectivity index (χ2v) is 5.18. The zero-order chi connectivity index (χ0) is 9.99. The third-order valence-corrected chi connectivity index (χ3v) is 2.73. The molecule has 0 unspecified atom stereocenters. The summed E-state index contributed by atoms with van der Waals surface area (Å²) in [6.07, 6.45) is 0. The highest BCUT2D eigenvalue weighted by atomic mass is 32.2. The van der Waals surface area contributed by atoms with Crippen molar-refractivity contribution in [1.82, 2.24) is 4.31 Å². The van der Waals surface area contributed by atoms with E-state index in [1.54, 1.807) is 0 Å². The van der Waals surface area contributed by atoms with Crippen molar-refractivity contribution in [2.24, 2.45) is 0 Å². The van der Waals surface area contributed by atoms with E-state index in [0.717, 1.165) is 7.05 Å². The Morgan fingerprint density at radius 1 is 1.17 bits per heavy atom. The Hall–Kier alpha value is -0.220. The second kappa shape index (κ2) is 3.66. The topological polar surface area (TPSA) is 112 Å². The molecule has 0 aliphatic carbocycles. The maximum atomic E-state index is 10.3. The van der Waals surface area contributed by atoms with Gasteiger partial charge in [-0.2, -0.15) is 21.1 Å². The van der Waals surface area contributed by atoms with E-state index in [1.165, 1.54) is 0 Å². The molecule has 74 valence electrons. The molecule has 9 heteroatoms. The number of nitrogens with zero attached hydrogens (tertiary/aromatic N) is 1. The Balaban J connectivity index is 4.16. The van der Waals surface area contributed by atoms with Gasteiger partial charge in [-0.25, -0.2) is 0 Å². The van der Waals surface area contributed by atoms with Crippen molar-refractivity contribution in [3.8, 4) is 0 Å². The quantitative estimate of drug-likeness (QED) is 0.563. The molecule has 0 saturated heterocycles. The highest BCUT2D eigenvalue weighted by Gasteiger charge is 2.15. The fraction of sp³-hybridized carbons (Fsp3) is 1.00. The molecule has 0 amide bonds. The van der Waals surface area contributed by atoms with Crippen molar-refractivity contribution in [2.45, 2.75) is 0 Å². The largest absolute Gasteiger partial charge is 0.335 e. The average Bonchev–Trinajstić information content (AvgIpc) is 1.78. The molecule has 0 heterocycles. The second-order valence-electron chi connectivity index (χ2n) is 2.09. The Bertz CT molecular complexity index is 328. The van der Waals surface area contributed by atoms with E-state index < -0.39 is 32.7 Å². The first-order chi connectivity index (χ1) is 5.13. The minimum absolute atomic E-state index is 0.404. The first-order valence-electron chi connectivity index (χ1n) is 2.77. The van der Waals surface area contributed by atoms with E-state index in [4.69, 9.17) is 9.11 Å². The van der Waals surface area contributed by atoms with Gasteiger partial charge in [-0.3, -0.25) is 9.11 Å². The zero-order valence-electron chi connectivity index (χ0n) is 6.21. The van der Waals surface area contributed by atoms with Gasteiger partial charge in [0.15, 0.2) is 0 Å². The highest BCUT2D eigenvalue weighted by molar-refractivity contribution is 7.86. The fourth-order valence-corrected chi connectivity index (χ4v) is 1.30. The van der Waals surface area contributed by atoms with Crippen molar-refractivity contribution in [3.63, 3.8) is 0 Å². The lowest BCUT2D eigenvalue weighted by Gasteiger charge is -2.10. The van der Waals surface area contributed by atoms with Gasteiger partial charge in [-0.1, -0.05) is 0 Å². The van der Waals surface area contributed by atoms with Crippen LogP contribution in [0.1, 0.15) is 0 Å². The van der Waals surface area contributed by atoms with Gasteiger partial charge < -0.3 is 0 Å². The van der Waals surface area contributed by atoms with Crippen LogP contribution in [0.3, 0.4) is 0 Å². The predicted molar refractivity (Wildman–Crippen MR) is 40.6 cm³/mol. The lowest BCUT2D eigenvalue weighted by Crippen LogP contribution is -2.30. The Kier molecular flexibility index (Phi) is 3.59. The summed E-state index contributed by atoms with van der Waals surface area (Å²) in [4.78, 5) is 0. The molecular weight excluding hydrogens is 210 g/mol. The van der Waals surface area contributed by atoms with Crippen LogP contribution in [0, 0.1) is 0 Å². The van der Waals surface area contributed by atoms with Crippen LogP contribution in [0.15, 0.2) is 0 Å². The fourth-order valence-electron chi connectivity index (χ4n) is 0.359. The van der Waals surface area contributed by atoms with Crippen molar-refractivity contribution < 1.29 is 25.9 Å². The van der Waals surface area contributed by atoms with Crippen molar-refractivity contribution in [1.29, 1.82) is 0 Å². The summed E-state index contributed by atoms with van der Waals surface area (Å²) in [6, 6.07) is 0. The van der Waals surface area contributed by atoms with E-state index in [9.17, 15) is 16.8 Å². The van der Waals surface area contributed by atoms with Crippen molar-refractivity contribution >= 4 is 20.4 Å². The third-order valence-electron chi connectivity index (χ3n) is 1.06. The van der Waals surface area contributed by atoms with Crippen LogP contribution in [-0.4, -0.2) is 49.6 Å². The number of hydrogen-bond donors (Lipinski definition) is 2. The smallest absolute Gasteiger partial charge is 0.286 e. The molecule has 0 aliphatic heterocycles. The first-order valence-corrected chi connectivity index (χ1v) is 5.77. The van der Waals surface area contributed by atoms with Crippen LogP contribution >= 0.6 is 0 Å². The van der Waals surface area contributed by atoms with E-state index in [-0.39, 0.29) is 0 Å². The SMILES string of the molecule is CN(CCS(=O)(=O)O)S(=O)(=O)O. The lowest BCUT2D eigenvalue weighted by molar-refractivity contribution is 0.393. The van der Waals surface area contributed by atoms with Crippen molar-refractivity contribution in [3.05, 3.63) is 0 Å². The van der Waals surface area contributed by atoms with Gasteiger partial charge in [0.05, 0.1) is 5.75 Å². The minimum Gasteiger partial charge on any atom is -0.286 e. The standard InChI is InChI=1S/C3H9NO6S2/c1-4(12(8,9)10)2-3-11(5,6)7/h2-3H2,1H3,(H,5,6,7)(H,8,9,10). The maximum Gasteiger partial charge on any atom is 0.335 e. The van der Waals surface area contributed by atoms with E-state index in [1.807, 2.05) is 0 Å². The van der Waals surface area contributed by atoms with Crippen molar-refractivity contribution in [2.75, 3.05) is 19.3 Å². The van der Waals surface area contributed by atoms with Crippen LogP contribution in [0.5, 0.6) is 0 Å². The van der Waals surface area contributed by atoms with Crippen LogP contribution in [-0.2, 0) is 20.4 Å². The summed E-state index contributed by atoms with van der Waals surface area (Å²) in [5, 5.41) is 0. The van der Waals surface area contributed by atoms with Crippen LogP contribution in [0.4, 0.5) is 0 Å². The van der Waals surface area contributed by atoms with Gasteiger partial charge in [-0.05, 0) is 0 Å². The lowest BCUT2D eigenvalue weighted by atomic mass is 10.8. The molecule has 0 rings (SSSR count). The molecule has 2 N–H and O–H groups in total. The summed E-state index contributed by atoms with van der Waals surface area (Å²) < 4.78 is 57.6. The van der Waals surface area contributed by atoms with E-state index in [2.05, 4.69) is 0 Å². The van der Waals surface area contributed by atoms with E-state index >= 15 is 0 Å². The van der Waals surface area contributed by atoms with Gasteiger partial charge in [0.2, 0.25) is 0 Å². The van der Waals surface area contributed by atoms with Crippen LogP contribution in [0.2, 0.25) is 0 Å². The summed E-state index contributed by atoms with van der Waals surface area (Å²) in [5.41, 5.74) is 0. The van der Waals surface area contributed by atoms with Gasteiger partial charge in [0, 0.05) is 13.6 Å². The van der Waals surface area contributed by atoms with Crippen LogP contribution in [0.25, 0.3) is 0 Å². The highest BCUT2D eigenvalue weighted by Crippen LogP contribution is 1.93. The molecule has 0 radical (unpaired) electrons. The van der Waals surface area contributed by atoms with Gasteiger partial charge in [0.1, 0.15) is 0 Å². The summed E-state index contributed by atoms with van der Waals surface area (Å²) in [5.74, 6) is -0.747. The predicted octanol–water partition coefficient (Wildman–Crippen LogP) is -1.39. The Morgan fingerprint density at radius 3 is 1.83 bits per heavy atom. The Labute approximate surface area is 70.6 Å². The first kappa shape index (κ1) is 11.8. The molecule has 0 fully saturated rings. The number of rotatable bonds is 4. The molecule has 0 aromatic rings. The zero-order valence-corrected chi connectivity index (χ0v) is 7.84. The molecule has 0 aromatic heterocycles. The molecule has 0 saturated carbocycles. The molecule has 0 atom stereocenters. The maximum absolute atomic E-state index is 10.3. The third kappa shape index (κ3) is 5.43. The number of hydrogen-bond acceptors (Lipinski definition) is 4. The summed E-state index contributed by atoms with van der Waals surface area (Å²) in [6.45, 7) is -0.488. The molecular formula is C3H9NO6S2. The van der Waals surface area contributed by atoms with Crippen LogP contribution < -0.4 is 0 Å². The normalized spacial score (nSPS) is 13.7. The molecule has 0 aliphatic rings. The van der Waals surface area contributed by atoms with Gasteiger partial charge in [-0.15, -0.1) is 0 Å². The Morgan fingerprint density at radius 2 is 1.58 bits per heavy atom. The average molecular weight is 219 g/mol. The molecule has 0 spiro atoms. The van der Waals surface area contributed by atoms with Gasteiger partial charge in [0.25, 0.3) is 10.1 Å². The molecule has 7 nitrogen and oxygen atoms in total. The minimum atomic E-state index is -4.37. The van der Waals surface area contributed by atoms with Gasteiger partial charge >= 0.3 is 10.3 Å².